The lowest BCUT2D eigenvalue weighted by Crippen LogP contribution is -2.19. The zero-order valence-electron chi connectivity index (χ0n) is 15.7. The highest BCUT2D eigenvalue weighted by Gasteiger charge is 2.27. The highest BCUT2D eigenvalue weighted by Crippen LogP contribution is 2.41. The Balaban J connectivity index is 3.15. The Hall–Kier alpha value is -1.51. The average Bonchev–Trinajstić information content (AvgIpc) is 2.46. The second-order valence-electron chi connectivity index (χ2n) is 7.63. The van der Waals surface area contributed by atoms with E-state index < -0.39 is 0 Å². The summed E-state index contributed by atoms with van der Waals surface area (Å²) in [4.78, 5) is 11.3. The van der Waals surface area contributed by atoms with E-state index in [1.54, 1.807) is 0 Å². The van der Waals surface area contributed by atoms with Crippen molar-refractivity contribution in [3.05, 3.63) is 28.8 Å². The maximum absolute atomic E-state index is 11.3. The number of carbonyl (C=O) groups is 1. The van der Waals surface area contributed by atoms with Gasteiger partial charge in [0.05, 0.1) is 7.11 Å². The van der Waals surface area contributed by atoms with Crippen molar-refractivity contribution >= 4 is 5.97 Å². The molecule has 0 heterocycles. The molecule has 0 spiro atoms. The minimum atomic E-state index is -0.188. The van der Waals surface area contributed by atoms with E-state index in [2.05, 4.69) is 53.7 Å². The molecule has 0 aliphatic carbocycles. The fraction of sp³-hybridized carbons (Fsp3) is 0.650. The third kappa shape index (κ3) is 4.98. The van der Waals surface area contributed by atoms with E-state index in [0.717, 1.165) is 24.0 Å². The molecule has 1 aromatic carbocycles. The summed E-state index contributed by atoms with van der Waals surface area (Å²) in [6.45, 7) is 12.8. The van der Waals surface area contributed by atoms with Gasteiger partial charge in [-0.2, -0.15) is 0 Å². The van der Waals surface area contributed by atoms with E-state index in [1.807, 2.05) is 0 Å². The van der Waals surface area contributed by atoms with Crippen molar-refractivity contribution in [3.8, 4) is 5.75 Å². The van der Waals surface area contributed by atoms with Gasteiger partial charge in [0, 0.05) is 12.0 Å². The number of rotatable bonds is 7. The van der Waals surface area contributed by atoms with Crippen LogP contribution in [0, 0.1) is 0 Å². The summed E-state index contributed by atoms with van der Waals surface area (Å²) in [5, 5.41) is 10.8. The molecule has 130 valence electrons. The van der Waals surface area contributed by atoms with Crippen LogP contribution in [-0.2, 0) is 14.9 Å². The van der Waals surface area contributed by atoms with Crippen LogP contribution in [-0.4, -0.2) is 18.2 Å². The SMILES string of the molecule is COC(=O)CCCC(C)(C)c1cc(C(C)C)cc(C(C)C)c1O. The standard InChI is InChI=1S/C20H32O3/c1-13(2)15-11-16(14(3)4)19(22)17(12-15)20(5,6)10-8-9-18(21)23-7/h11-14,22H,8-10H2,1-7H3. The third-order valence-electron chi connectivity index (χ3n) is 4.59. The Morgan fingerprint density at radius 1 is 1.17 bits per heavy atom. The number of esters is 1. The van der Waals surface area contributed by atoms with Crippen LogP contribution in [0.4, 0.5) is 0 Å². The molecule has 23 heavy (non-hydrogen) atoms. The van der Waals surface area contributed by atoms with Crippen LogP contribution in [0.3, 0.4) is 0 Å². The smallest absolute Gasteiger partial charge is 0.305 e. The molecule has 0 aromatic heterocycles. The van der Waals surface area contributed by atoms with Gasteiger partial charge in [-0.3, -0.25) is 4.79 Å². The largest absolute Gasteiger partial charge is 0.507 e. The molecule has 0 aliphatic rings. The van der Waals surface area contributed by atoms with Gasteiger partial charge in [0.25, 0.3) is 0 Å². The van der Waals surface area contributed by atoms with Gasteiger partial charge in [-0.05, 0) is 41.2 Å². The van der Waals surface area contributed by atoms with E-state index >= 15 is 0 Å². The van der Waals surface area contributed by atoms with Crippen LogP contribution in [0.2, 0.25) is 0 Å². The maximum Gasteiger partial charge on any atom is 0.305 e. The molecule has 0 bridgehead atoms. The first-order valence-electron chi connectivity index (χ1n) is 8.54. The van der Waals surface area contributed by atoms with E-state index in [0.29, 0.717) is 18.1 Å². The first-order chi connectivity index (χ1) is 10.6. The van der Waals surface area contributed by atoms with Gasteiger partial charge in [-0.1, -0.05) is 53.7 Å². The van der Waals surface area contributed by atoms with Crippen LogP contribution >= 0.6 is 0 Å². The molecule has 1 aromatic rings. The number of hydrogen-bond acceptors (Lipinski definition) is 3. The summed E-state index contributed by atoms with van der Waals surface area (Å²) in [5.41, 5.74) is 3.05. The van der Waals surface area contributed by atoms with E-state index in [1.165, 1.54) is 12.7 Å². The second-order valence-corrected chi connectivity index (χ2v) is 7.63. The topological polar surface area (TPSA) is 46.5 Å². The zero-order chi connectivity index (χ0) is 17.8. The molecule has 0 radical (unpaired) electrons. The lowest BCUT2D eigenvalue weighted by molar-refractivity contribution is -0.140. The molecular weight excluding hydrogens is 288 g/mol. The van der Waals surface area contributed by atoms with Crippen LogP contribution < -0.4 is 0 Å². The fourth-order valence-electron chi connectivity index (χ4n) is 2.88. The van der Waals surface area contributed by atoms with Crippen molar-refractivity contribution < 1.29 is 14.6 Å². The lowest BCUT2D eigenvalue weighted by Gasteiger charge is -2.29. The Kier molecular flexibility index (Phi) is 6.67. The number of carbonyl (C=O) groups excluding carboxylic acids is 1. The normalized spacial score (nSPS) is 12.0. The number of aromatic hydroxyl groups is 1. The van der Waals surface area contributed by atoms with Gasteiger partial charge in [0.2, 0.25) is 0 Å². The highest BCUT2D eigenvalue weighted by atomic mass is 16.5. The second kappa shape index (κ2) is 7.85. The quantitative estimate of drug-likeness (QED) is 0.697. The van der Waals surface area contributed by atoms with Crippen molar-refractivity contribution in [2.24, 2.45) is 0 Å². The summed E-state index contributed by atoms with van der Waals surface area (Å²) in [6.07, 6.45) is 2.00. The van der Waals surface area contributed by atoms with Gasteiger partial charge in [-0.15, -0.1) is 0 Å². The molecule has 1 N–H and O–H groups in total. The summed E-state index contributed by atoms with van der Waals surface area (Å²) in [5.74, 6) is 0.923. The predicted molar refractivity (Wildman–Crippen MR) is 95.2 cm³/mol. The van der Waals surface area contributed by atoms with Crippen molar-refractivity contribution in [2.45, 2.75) is 78.1 Å². The number of hydrogen-bond donors (Lipinski definition) is 1. The fourth-order valence-corrected chi connectivity index (χ4v) is 2.88. The molecule has 3 nitrogen and oxygen atoms in total. The molecule has 0 saturated carbocycles. The van der Waals surface area contributed by atoms with Gasteiger partial charge < -0.3 is 9.84 Å². The first kappa shape index (κ1) is 19.5. The average molecular weight is 320 g/mol. The van der Waals surface area contributed by atoms with Crippen LogP contribution in [0.5, 0.6) is 5.75 Å². The molecule has 0 fully saturated rings. The molecule has 0 amide bonds. The van der Waals surface area contributed by atoms with E-state index in [9.17, 15) is 9.90 Å². The van der Waals surface area contributed by atoms with Gasteiger partial charge in [-0.25, -0.2) is 0 Å². The van der Waals surface area contributed by atoms with Gasteiger partial charge in [0.15, 0.2) is 0 Å². The molecule has 0 unspecified atom stereocenters. The lowest BCUT2D eigenvalue weighted by atomic mass is 9.76. The molecule has 0 aliphatic heterocycles. The molecular formula is C20H32O3. The molecule has 1 rings (SSSR count). The van der Waals surface area contributed by atoms with Crippen molar-refractivity contribution in [1.82, 2.24) is 0 Å². The first-order valence-corrected chi connectivity index (χ1v) is 8.54. The summed E-state index contributed by atoms with van der Waals surface area (Å²) >= 11 is 0. The number of benzene rings is 1. The van der Waals surface area contributed by atoms with E-state index in [-0.39, 0.29) is 17.3 Å². The van der Waals surface area contributed by atoms with Crippen LogP contribution in [0.15, 0.2) is 12.1 Å². The minimum absolute atomic E-state index is 0.177. The number of methoxy groups -OCH3 is 1. The molecule has 0 atom stereocenters. The van der Waals surface area contributed by atoms with Crippen LogP contribution in [0.1, 0.15) is 89.3 Å². The minimum Gasteiger partial charge on any atom is -0.507 e. The van der Waals surface area contributed by atoms with Crippen molar-refractivity contribution in [1.29, 1.82) is 0 Å². The highest BCUT2D eigenvalue weighted by molar-refractivity contribution is 5.69. The maximum atomic E-state index is 11.3. The predicted octanol–water partition coefficient (Wildman–Crippen LogP) is 5.26. The Labute approximate surface area is 141 Å². The van der Waals surface area contributed by atoms with Crippen LogP contribution in [0.25, 0.3) is 0 Å². The molecule has 3 heteroatoms. The van der Waals surface area contributed by atoms with E-state index in [4.69, 9.17) is 4.74 Å². The Bertz CT molecular complexity index is 542. The van der Waals surface area contributed by atoms with Crippen molar-refractivity contribution in [3.63, 3.8) is 0 Å². The number of phenolic OH excluding ortho intramolecular Hbond substituents is 1. The molecule has 0 saturated heterocycles. The monoisotopic (exact) mass is 320 g/mol. The van der Waals surface area contributed by atoms with Gasteiger partial charge in [0.1, 0.15) is 5.75 Å². The van der Waals surface area contributed by atoms with Gasteiger partial charge >= 0.3 is 5.97 Å². The zero-order valence-corrected chi connectivity index (χ0v) is 15.7. The summed E-state index contributed by atoms with van der Waals surface area (Å²) in [6, 6.07) is 4.25. The third-order valence-corrected chi connectivity index (χ3v) is 4.59. The number of ether oxygens (including phenoxy) is 1. The summed E-state index contributed by atoms with van der Waals surface area (Å²) in [7, 11) is 1.42. The summed E-state index contributed by atoms with van der Waals surface area (Å²) < 4.78 is 4.71. The number of phenols is 1. The Morgan fingerprint density at radius 3 is 2.26 bits per heavy atom. The Morgan fingerprint density at radius 2 is 1.78 bits per heavy atom. The van der Waals surface area contributed by atoms with Crippen molar-refractivity contribution in [2.75, 3.05) is 7.11 Å².